The Labute approximate surface area is 103 Å². The van der Waals surface area contributed by atoms with E-state index < -0.39 is 0 Å². The maximum atomic E-state index is 6.39. The van der Waals surface area contributed by atoms with Crippen molar-refractivity contribution >= 4 is 10.9 Å². The molecule has 0 fully saturated rings. The molecule has 0 saturated carbocycles. The Morgan fingerprint density at radius 2 is 1.94 bits per heavy atom. The molecular weight excluding hydrogens is 210 g/mol. The van der Waals surface area contributed by atoms with Crippen LogP contribution in [0.4, 0.5) is 0 Å². The summed E-state index contributed by atoms with van der Waals surface area (Å²) in [6, 6.07) is 8.35. The summed E-state index contributed by atoms with van der Waals surface area (Å²) < 4.78 is 2.14. The first-order chi connectivity index (χ1) is 7.97. The van der Waals surface area contributed by atoms with Crippen molar-refractivity contribution in [1.82, 2.24) is 9.88 Å². The normalized spacial score (nSPS) is 14.2. The zero-order valence-electron chi connectivity index (χ0n) is 11.0. The largest absolute Gasteiger partial charge is 0.350 e. The molecule has 1 aromatic carbocycles. The monoisotopic (exact) mass is 231 g/mol. The maximum Gasteiger partial charge on any atom is 0.0495 e. The third kappa shape index (κ3) is 1.96. The molecule has 0 bridgehead atoms. The van der Waals surface area contributed by atoms with E-state index in [9.17, 15) is 0 Å². The van der Waals surface area contributed by atoms with Crippen LogP contribution < -0.4 is 11.1 Å². The van der Waals surface area contributed by atoms with E-state index in [4.69, 9.17) is 5.73 Å². The van der Waals surface area contributed by atoms with Crippen molar-refractivity contribution in [2.24, 2.45) is 12.8 Å². The molecule has 17 heavy (non-hydrogen) atoms. The molecule has 1 atom stereocenters. The molecule has 0 amide bonds. The van der Waals surface area contributed by atoms with Gasteiger partial charge in [-0.05, 0) is 32.5 Å². The molecular formula is C14H21N3. The van der Waals surface area contributed by atoms with Crippen LogP contribution in [0.15, 0.2) is 30.5 Å². The Kier molecular flexibility index (Phi) is 2.98. The van der Waals surface area contributed by atoms with Crippen molar-refractivity contribution in [3.8, 4) is 0 Å². The highest BCUT2D eigenvalue weighted by Gasteiger charge is 2.27. The Hall–Kier alpha value is -1.32. The van der Waals surface area contributed by atoms with E-state index in [1.54, 1.807) is 0 Å². The molecule has 1 heterocycles. The van der Waals surface area contributed by atoms with E-state index in [2.05, 4.69) is 61.2 Å². The van der Waals surface area contributed by atoms with Crippen LogP contribution in [0.3, 0.4) is 0 Å². The van der Waals surface area contributed by atoms with Gasteiger partial charge in [-0.2, -0.15) is 0 Å². The quantitative estimate of drug-likeness (QED) is 0.850. The second-order valence-corrected chi connectivity index (χ2v) is 5.16. The number of likely N-dealkylation sites (N-methyl/N-ethyl adjacent to an activating group) is 1. The van der Waals surface area contributed by atoms with Gasteiger partial charge in [-0.3, -0.25) is 0 Å². The van der Waals surface area contributed by atoms with Crippen molar-refractivity contribution in [3.05, 3.63) is 36.0 Å². The lowest BCUT2D eigenvalue weighted by Gasteiger charge is -2.31. The van der Waals surface area contributed by atoms with Crippen LogP contribution in [0.5, 0.6) is 0 Å². The Bertz CT molecular complexity index is 525. The minimum Gasteiger partial charge on any atom is -0.350 e. The third-order valence-corrected chi connectivity index (χ3v) is 3.68. The van der Waals surface area contributed by atoms with E-state index >= 15 is 0 Å². The Balaban J connectivity index is 2.56. The lowest BCUT2D eigenvalue weighted by molar-refractivity contribution is 0.350. The SMILES string of the molecule is CNC(C)(C)C(N)c1cn(C)c2ccccc12. The van der Waals surface area contributed by atoms with Gasteiger partial charge in [0.1, 0.15) is 0 Å². The first-order valence-corrected chi connectivity index (χ1v) is 5.96. The lowest BCUT2D eigenvalue weighted by atomic mass is 9.89. The topological polar surface area (TPSA) is 43.0 Å². The molecule has 0 aliphatic heterocycles. The van der Waals surface area contributed by atoms with E-state index in [-0.39, 0.29) is 11.6 Å². The van der Waals surface area contributed by atoms with Crippen LogP contribution in [-0.2, 0) is 7.05 Å². The number of nitrogens with two attached hydrogens (primary N) is 1. The van der Waals surface area contributed by atoms with Crippen LogP contribution in [0, 0.1) is 0 Å². The van der Waals surface area contributed by atoms with Gasteiger partial charge in [-0.1, -0.05) is 18.2 Å². The van der Waals surface area contributed by atoms with Gasteiger partial charge in [0.25, 0.3) is 0 Å². The molecule has 0 aliphatic carbocycles. The fourth-order valence-electron chi connectivity index (χ4n) is 2.17. The van der Waals surface area contributed by atoms with Gasteiger partial charge in [-0.25, -0.2) is 0 Å². The fraction of sp³-hybridized carbons (Fsp3) is 0.429. The zero-order valence-corrected chi connectivity index (χ0v) is 11.0. The van der Waals surface area contributed by atoms with Crippen LogP contribution in [0.25, 0.3) is 10.9 Å². The number of benzene rings is 1. The number of aromatic nitrogens is 1. The van der Waals surface area contributed by atoms with Crippen molar-refractivity contribution in [1.29, 1.82) is 0 Å². The molecule has 1 unspecified atom stereocenters. The fourth-order valence-corrected chi connectivity index (χ4v) is 2.17. The highest BCUT2D eigenvalue weighted by atomic mass is 15.0. The molecule has 3 nitrogen and oxygen atoms in total. The first kappa shape index (κ1) is 12.1. The smallest absolute Gasteiger partial charge is 0.0495 e. The van der Waals surface area contributed by atoms with Crippen molar-refractivity contribution in [2.75, 3.05) is 7.05 Å². The summed E-state index contributed by atoms with van der Waals surface area (Å²) in [6.45, 7) is 4.25. The van der Waals surface area contributed by atoms with Crippen molar-refractivity contribution in [3.63, 3.8) is 0 Å². The van der Waals surface area contributed by atoms with E-state index in [0.717, 1.165) is 0 Å². The standard InChI is InChI=1S/C14H21N3/c1-14(2,16-3)13(15)11-9-17(4)12-8-6-5-7-10(11)12/h5-9,13,16H,15H2,1-4H3. The minimum absolute atomic E-state index is 0.0291. The average molecular weight is 231 g/mol. The highest BCUT2D eigenvalue weighted by Crippen LogP contribution is 2.30. The number of aryl methyl sites for hydroxylation is 1. The summed E-state index contributed by atoms with van der Waals surface area (Å²) >= 11 is 0. The van der Waals surface area contributed by atoms with Crippen LogP contribution in [0.2, 0.25) is 0 Å². The molecule has 0 saturated heterocycles. The number of para-hydroxylation sites is 1. The van der Waals surface area contributed by atoms with Gasteiger partial charge in [-0.15, -0.1) is 0 Å². The van der Waals surface area contributed by atoms with Gasteiger partial charge in [0.2, 0.25) is 0 Å². The molecule has 1 aromatic heterocycles. The van der Waals surface area contributed by atoms with Crippen molar-refractivity contribution in [2.45, 2.75) is 25.4 Å². The molecule has 3 N–H and O–H groups in total. The number of nitrogens with zero attached hydrogens (tertiary/aromatic N) is 1. The predicted molar refractivity (Wildman–Crippen MR) is 73.0 cm³/mol. The van der Waals surface area contributed by atoms with Crippen LogP contribution in [0.1, 0.15) is 25.5 Å². The highest BCUT2D eigenvalue weighted by molar-refractivity contribution is 5.84. The molecule has 0 aliphatic rings. The lowest BCUT2D eigenvalue weighted by Crippen LogP contribution is -2.46. The van der Waals surface area contributed by atoms with Gasteiger partial charge in [0.15, 0.2) is 0 Å². The Morgan fingerprint density at radius 3 is 2.59 bits per heavy atom. The summed E-state index contributed by atoms with van der Waals surface area (Å²) in [4.78, 5) is 0. The number of rotatable bonds is 3. The van der Waals surface area contributed by atoms with Gasteiger partial charge in [0, 0.05) is 35.7 Å². The molecule has 3 heteroatoms. The summed E-state index contributed by atoms with van der Waals surface area (Å²) in [7, 11) is 4.01. The summed E-state index contributed by atoms with van der Waals surface area (Å²) in [5.74, 6) is 0. The van der Waals surface area contributed by atoms with E-state index in [0.29, 0.717) is 0 Å². The van der Waals surface area contributed by atoms with Crippen LogP contribution in [-0.4, -0.2) is 17.2 Å². The van der Waals surface area contributed by atoms with Gasteiger partial charge < -0.3 is 15.6 Å². The molecule has 0 spiro atoms. The number of fused-ring (bicyclic) bond motifs is 1. The van der Waals surface area contributed by atoms with Gasteiger partial charge >= 0.3 is 0 Å². The van der Waals surface area contributed by atoms with E-state index in [1.165, 1.54) is 16.5 Å². The second kappa shape index (κ2) is 4.17. The first-order valence-electron chi connectivity index (χ1n) is 5.96. The molecule has 2 aromatic rings. The van der Waals surface area contributed by atoms with Crippen LogP contribution >= 0.6 is 0 Å². The number of hydrogen-bond donors (Lipinski definition) is 2. The molecule has 2 rings (SSSR count). The van der Waals surface area contributed by atoms with Gasteiger partial charge in [0.05, 0.1) is 0 Å². The second-order valence-electron chi connectivity index (χ2n) is 5.16. The summed E-state index contributed by atoms with van der Waals surface area (Å²) in [6.07, 6.45) is 2.13. The zero-order chi connectivity index (χ0) is 12.6. The number of nitrogens with one attached hydrogen (secondary N) is 1. The summed E-state index contributed by atoms with van der Waals surface area (Å²) in [5, 5.41) is 4.52. The summed E-state index contributed by atoms with van der Waals surface area (Å²) in [5.41, 5.74) is 8.69. The molecule has 92 valence electrons. The maximum absolute atomic E-state index is 6.39. The molecule has 0 radical (unpaired) electrons. The number of hydrogen-bond acceptors (Lipinski definition) is 2. The van der Waals surface area contributed by atoms with Crippen molar-refractivity contribution < 1.29 is 0 Å². The predicted octanol–water partition coefficient (Wildman–Crippen LogP) is 2.18. The van der Waals surface area contributed by atoms with E-state index in [1.807, 2.05) is 7.05 Å². The average Bonchev–Trinajstić information content (AvgIpc) is 2.66. The Morgan fingerprint density at radius 1 is 1.29 bits per heavy atom. The minimum atomic E-state index is -0.121. The third-order valence-electron chi connectivity index (χ3n) is 3.68.